The Hall–Kier alpha value is -1.92. The van der Waals surface area contributed by atoms with Crippen LogP contribution in [0, 0.1) is 5.92 Å². The summed E-state index contributed by atoms with van der Waals surface area (Å²) in [6.45, 7) is 7.84. The summed E-state index contributed by atoms with van der Waals surface area (Å²) >= 11 is 0. The van der Waals surface area contributed by atoms with Gasteiger partial charge in [0.1, 0.15) is 0 Å². The molecule has 0 saturated heterocycles. The fourth-order valence-corrected chi connectivity index (χ4v) is 2.24. The van der Waals surface area contributed by atoms with Crippen molar-refractivity contribution in [3.05, 3.63) is 0 Å². The summed E-state index contributed by atoms with van der Waals surface area (Å²) in [7, 11) is 0. The summed E-state index contributed by atoms with van der Waals surface area (Å²) in [4.78, 5) is 12.9. The summed E-state index contributed by atoms with van der Waals surface area (Å²) < 4.78 is 0. The van der Waals surface area contributed by atoms with Gasteiger partial charge in [-0.2, -0.15) is 20.1 Å². The van der Waals surface area contributed by atoms with Crippen molar-refractivity contribution in [3.63, 3.8) is 0 Å². The summed E-state index contributed by atoms with van der Waals surface area (Å²) in [5.41, 5.74) is 4.17. The number of nitrogens with zero attached hydrogens (tertiary/aromatic N) is 4. The van der Waals surface area contributed by atoms with Crippen LogP contribution >= 0.6 is 0 Å². The monoisotopic (exact) mass is 291 g/mol. The fourth-order valence-electron chi connectivity index (χ4n) is 2.24. The highest BCUT2D eigenvalue weighted by Gasteiger charge is 2.13. The van der Waals surface area contributed by atoms with Crippen molar-refractivity contribution < 1.29 is 0 Å². The molecule has 1 fully saturated rings. The van der Waals surface area contributed by atoms with Crippen LogP contribution < -0.4 is 16.1 Å². The standard InChI is InChI=1S/C14H25N7/c1-4-15-12-17-13(16-5-2)19-14(18-12)21-20-11-8-6-10(3)7-9-11/h10H,4-9H2,1-3H3,(H3,15,16,17,18,19,21). The van der Waals surface area contributed by atoms with Gasteiger partial charge < -0.3 is 10.6 Å². The first-order valence-corrected chi connectivity index (χ1v) is 7.76. The Morgan fingerprint density at radius 3 is 2.00 bits per heavy atom. The van der Waals surface area contributed by atoms with Crippen molar-refractivity contribution in [2.75, 3.05) is 29.1 Å². The number of hydrogen-bond donors (Lipinski definition) is 3. The van der Waals surface area contributed by atoms with Crippen molar-refractivity contribution in [2.45, 2.75) is 46.5 Å². The zero-order chi connectivity index (χ0) is 15.1. The van der Waals surface area contributed by atoms with Crippen molar-refractivity contribution in [2.24, 2.45) is 11.0 Å². The molecule has 1 aliphatic rings. The van der Waals surface area contributed by atoms with E-state index in [2.05, 4.69) is 43.0 Å². The van der Waals surface area contributed by atoms with Crippen LogP contribution in [-0.4, -0.2) is 33.8 Å². The molecule has 7 heteroatoms. The van der Waals surface area contributed by atoms with Crippen molar-refractivity contribution >= 4 is 23.6 Å². The molecule has 0 amide bonds. The highest BCUT2D eigenvalue weighted by atomic mass is 15.4. The number of rotatable bonds is 6. The lowest BCUT2D eigenvalue weighted by Gasteiger charge is -2.18. The van der Waals surface area contributed by atoms with E-state index >= 15 is 0 Å². The summed E-state index contributed by atoms with van der Waals surface area (Å²) in [6.07, 6.45) is 4.53. The topological polar surface area (TPSA) is 87.1 Å². The van der Waals surface area contributed by atoms with Crippen LogP contribution in [0.1, 0.15) is 46.5 Å². The first-order valence-electron chi connectivity index (χ1n) is 7.76. The predicted octanol–water partition coefficient (Wildman–Crippen LogP) is 2.71. The minimum absolute atomic E-state index is 0.475. The normalized spacial score (nSPS) is 18.2. The average Bonchev–Trinajstić information content (AvgIpc) is 2.47. The average molecular weight is 291 g/mol. The lowest BCUT2D eigenvalue weighted by atomic mass is 9.90. The quantitative estimate of drug-likeness (QED) is 0.699. The molecule has 7 nitrogen and oxygen atoms in total. The van der Waals surface area contributed by atoms with Crippen LogP contribution in [-0.2, 0) is 0 Å². The molecule has 116 valence electrons. The molecular formula is C14H25N7. The molecule has 0 atom stereocenters. The third-order valence-electron chi connectivity index (χ3n) is 3.47. The molecule has 21 heavy (non-hydrogen) atoms. The number of hydrazone groups is 1. The Kier molecular flexibility index (Phi) is 5.71. The minimum Gasteiger partial charge on any atom is -0.354 e. The van der Waals surface area contributed by atoms with E-state index < -0.39 is 0 Å². The maximum atomic E-state index is 4.45. The fraction of sp³-hybridized carbons (Fsp3) is 0.714. The van der Waals surface area contributed by atoms with E-state index in [1.165, 1.54) is 18.6 Å². The molecule has 0 aliphatic heterocycles. The lowest BCUT2D eigenvalue weighted by Crippen LogP contribution is -2.14. The van der Waals surface area contributed by atoms with Gasteiger partial charge in [0.15, 0.2) is 0 Å². The molecule has 2 rings (SSSR count). The molecule has 0 spiro atoms. The Bertz CT molecular complexity index is 452. The van der Waals surface area contributed by atoms with Crippen molar-refractivity contribution in [1.29, 1.82) is 0 Å². The Morgan fingerprint density at radius 1 is 0.952 bits per heavy atom. The molecular weight excluding hydrogens is 266 g/mol. The molecule has 1 aromatic heterocycles. The molecule has 0 bridgehead atoms. The van der Waals surface area contributed by atoms with Crippen LogP contribution in [0.5, 0.6) is 0 Å². The van der Waals surface area contributed by atoms with E-state index in [4.69, 9.17) is 0 Å². The number of anilines is 3. The third kappa shape index (κ3) is 4.84. The van der Waals surface area contributed by atoms with Gasteiger partial charge in [-0.05, 0) is 45.4 Å². The molecule has 1 saturated carbocycles. The smallest absolute Gasteiger partial charge is 0.250 e. The second-order valence-electron chi connectivity index (χ2n) is 5.34. The molecule has 1 heterocycles. The predicted molar refractivity (Wildman–Crippen MR) is 86.8 cm³/mol. The van der Waals surface area contributed by atoms with Gasteiger partial charge in [0, 0.05) is 18.8 Å². The molecule has 3 N–H and O–H groups in total. The number of aromatic nitrogens is 3. The Labute approximate surface area is 126 Å². The highest BCUT2D eigenvalue weighted by Crippen LogP contribution is 2.21. The third-order valence-corrected chi connectivity index (χ3v) is 3.47. The summed E-state index contributed by atoms with van der Waals surface area (Å²) in [6, 6.07) is 0. The molecule has 0 unspecified atom stereocenters. The van der Waals surface area contributed by atoms with Crippen LogP contribution in [0.25, 0.3) is 0 Å². The van der Waals surface area contributed by atoms with Crippen molar-refractivity contribution in [1.82, 2.24) is 15.0 Å². The zero-order valence-corrected chi connectivity index (χ0v) is 13.1. The van der Waals surface area contributed by atoms with Gasteiger partial charge >= 0.3 is 0 Å². The first kappa shape index (κ1) is 15.5. The maximum absolute atomic E-state index is 4.45. The maximum Gasteiger partial charge on any atom is 0.250 e. The van der Waals surface area contributed by atoms with Crippen LogP contribution in [0.2, 0.25) is 0 Å². The zero-order valence-electron chi connectivity index (χ0n) is 13.1. The summed E-state index contributed by atoms with van der Waals surface area (Å²) in [5.74, 6) is 2.40. The largest absolute Gasteiger partial charge is 0.354 e. The van der Waals surface area contributed by atoms with Crippen LogP contribution in [0.3, 0.4) is 0 Å². The van der Waals surface area contributed by atoms with E-state index in [1.54, 1.807) is 0 Å². The van der Waals surface area contributed by atoms with Crippen LogP contribution in [0.4, 0.5) is 17.8 Å². The van der Waals surface area contributed by atoms with Gasteiger partial charge in [0.05, 0.1) is 0 Å². The first-order chi connectivity index (χ1) is 10.2. The second-order valence-corrected chi connectivity index (χ2v) is 5.34. The highest BCUT2D eigenvalue weighted by molar-refractivity contribution is 5.85. The minimum atomic E-state index is 0.475. The van der Waals surface area contributed by atoms with E-state index in [-0.39, 0.29) is 0 Å². The second kappa shape index (κ2) is 7.75. The van der Waals surface area contributed by atoms with Gasteiger partial charge in [-0.3, -0.25) is 0 Å². The molecule has 1 aliphatic carbocycles. The van der Waals surface area contributed by atoms with E-state index in [0.29, 0.717) is 17.8 Å². The Balaban J connectivity index is 2.05. The SMILES string of the molecule is CCNc1nc(NCC)nc(NN=C2CCC(C)CC2)n1. The van der Waals surface area contributed by atoms with Gasteiger partial charge in [-0.25, -0.2) is 5.43 Å². The van der Waals surface area contributed by atoms with Gasteiger partial charge in [0.25, 0.3) is 0 Å². The molecule has 0 radical (unpaired) electrons. The van der Waals surface area contributed by atoms with Gasteiger partial charge in [-0.15, -0.1) is 0 Å². The van der Waals surface area contributed by atoms with E-state index in [9.17, 15) is 0 Å². The van der Waals surface area contributed by atoms with Crippen LogP contribution in [0.15, 0.2) is 5.10 Å². The lowest BCUT2D eigenvalue weighted by molar-refractivity contribution is 0.483. The Morgan fingerprint density at radius 2 is 1.48 bits per heavy atom. The van der Waals surface area contributed by atoms with E-state index in [0.717, 1.165) is 31.8 Å². The summed E-state index contributed by atoms with van der Waals surface area (Å²) in [5, 5.41) is 10.6. The molecule has 0 aromatic carbocycles. The van der Waals surface area contributed by atoms with E-state index in [1.807, 2.05) is 13.8 Å². The number of hydrogen-bond acceptors (Lipinski definition) is 7. The van der Waals surface area contributed by atoms with Gasteiger partial charge in [-0.1, -0.05) is 6.92 Å². The van der Waals surface area contributed by atoms with Gasteiger partial charge in [0.2, 0.25) is 17.8 Å². The number of nitrogens with one attached hydrogen (secondary N) is 3. The van der Waals surface area contributed by atoms with Crippen molar-refractivity contribution in [3.8, 4) is 0 Å². The molecule has 1 aromatic rings.